The van der Waals surface area contributed by atoms with Crippen LogP contribution in [0.1, 0.15) is 18.1 Å². The topological polar surface area (TPSA) is 26.3 Å². The molecule has 0 aromatic heterocycles. The maximum Gasteiger partial charge on any atom is 0.162 e. The Morgan fingerprint density at radius 3 is 3.00 bits per heavy atom. The van der Waals surface area contributed by atoms with E-state index in [1.165, 1.54) is 18.4 Å². The van der Waals surface area contributed by atoms with Crippen molar-refractivity contribution in [1.29, 1.82) is 0 Å². The summed E-state index contributed by atoms with van der Waals surface area (Å²) < 4.78 is 19.4. The number of carbonyl (C=O) groups is 1. The highest BCUT2D eigenvalue weighted by molar-refractivity contribution is 9.10. The second-order valence-corrected chi connectivity index (χ2v) is 4.18. The molecular formula is C11H8BrFO2. The molecule has 0 spiro atoms. The van der Waals surface area contributed by atoms with Gasteiger partial charge in [-0.15, -0.1) is 0 Å². The van der Waals surface area contributed by atoms with Crippen LogP contribution in [0.4, 0.5) is 4.39 Å². The Balaban J connectivity index is 2.33. The van der Waals surface area contributed by atoms with Crippen LogP contribution in [0.2, 0.25) is 0 Å². The number of benzene rings is 1. The number of allylic oxidation sites excluding steroid dienone is 1. The molecule has 2 nitrogen and oxygen atoms in total. The van der Waals surface area contributed by atoms with Crippen molar-refractivity contribution in [1.82, 2.24) is 0 Å². The zero-order chi connectivity index (χ0) is 10.8. The van der Waals surface area contributed by atoms with Gasteiger partial charge in [-0.05, 0) is 18.2 Å². The Morgan fingerprint density at radius 2 is 2.27 bits per heavy atom. The van der Waals surface area contributed by atoms with E-state index < -0.39 is 6.10 Å². The SMILES string of the molecule is O=C1C=COC(c2cc(Br)ccc2F)C1. The summed E-state index contributed by atoms with van der Waals surface area (Å²) in [4.78, 5) is 11.1. The van der Waals surface area contributed by atoms with E-state index >= 15 is 0 Å². The van der Waals surface area contributed by atoms with Gasteiger partial charge in [-0.25, -0.2) is 4.39 Å². The summed E-state index contributed by atoms with van der Waals surface area (Å²) >= 11 is 3.25. The molecule has 0 saturated carbocycles. The van der Waals surface area contributed by atoms with Crippen molar-refractivity contribution in [3.8, 4) is 0 Å². The van der Waals surface area contributed by atoms with Crippen LogP contribution in [-0.4, -0.2) is 5.78 Å². The lowest BCUT2D eigenvalue weighted by Crippen LogP contribution is -2.12. The fraction of sp³-hybridized carbons (Fsp3) is 0.182. The molecule has 1 aromatic rings. The number of halogens is 2. The van der Waals surface area contributed by atoms with Crippen molar-refractivity contribution in [3.63, 3.8) is 0 Å². The second-order valence-electron chi connectivity index (χ2n) is 3.26. The number of rotatable bonds is 1. The van der Waals surface area contributed by atoms with Gasteiger partial charge in [-0.1, -0.05) is 15.9 Å². The maximum atomic E-state index is 13.4. The van der Waals surface area contributed by atoms with E-state index in [0.29, 0.717) is 5.56 Å². The van der Waals surface area contributed by atoms with Gasteiger partial charge in [0, 0.05) is 16.1 Å². The van der Waals surface area contributed by atoms with Gasteiger partial charge in [-0.2, -0.15) is 0 Å². The van der Waals surface area contributed by atoms with Crippen molar-refractivity contribution >= 4 is 21.7 Å². The van der Waals surface area contributed by atoms with Gasteiger partial charge >= 0.3 is 0 Å². The van der Waals surface area contributed by atoms with Crippen LogP contribution < -0.4 is 0 Å². The van der Waals surface area contributed by atoms with Crippen LogP contribution in [0, 0.1) is 5.82 Å². The fourth-order valence-electron chi connectivity index (χ4n) is 1.45. The van der Waals surface area contributed by atoms with Crippen LogP contribution in [0.5, 0.6) is 0 Å². The molecular weight excluding hydrogens is 263 g/mol. The van der Waals surface area contributed by atoms with Crippen LogP contribution in [0.15, 0.2) is 35.0 Å². The third-order valence-electron chi connectivity index (χ3n) is 2.19. The molecule has 1 aliphatic heterocycles. The summed E-state index contributed by atoms with van der Waals surface area (Å²) in [5.41, 5.74) is 0.405. The normalized spacial score (nSPS) is 20.1. The van der Waals surface area contributed by atoms with E-state index in [1.807, 2.05) is 0 Å². The molecule has 1 heterocycles. The molecule has 1 aliphatic rings. The second kappa shape index (κ2) is 4.14. The number of ether oxygens (including phenoxy) is 1. The molecule has 0 aliphatic carbocycles. The molecule has 0 radical (unpaired) electrons. The van der Waals surface area contributed by atoms with Gasteiger partial charge in [0.15, 0.2) is 5.78 Å². The van der Waals surface area contributed by atoms with Gasteiger partial charge in [-0.3, -0.25) is 4.79 Å². The third kappa shape index (κ3) is 2.26. The quantitative estimate of drug-likeness (QED) is 0.784. The zero-order valence-electron chi connectivity index (χ0n) is 7.74. The smallest absolute Gasteiger partial charge is 0.162 e. The van der Waals surface area contributed by atoms with Crippen molar-refractivity contribution in [3.05, 3.63) is 46.4 Å². The Kier molecular flexibility index (Phi) is 2.86. The predicted molar refractivity (Wildman–Crippen MR) is 56.7 cm³/mol. The lowest BCUT2D eigenvalue weighted by molar-refractivity contribution is -0.118. The van der Waals surface area contributed by atoms with E-state index in [-0.39, 0.29) is 18.0 Å². The van der Waals surface area contributed by atoms with Gasteiger partial charge < -0.3 is 4.74 Å². The van der Waals surface area contributed by atoms with Crippen molar-refractivity contribution in [2.75, 3.05) is 0 Å². The summed E-state index contributed by atoms with van der Waals surface area (Å²) in [5.74, 6) is -0.406. The summed E-state index contributed by atoms with van der Waals surface area (Å²) in [6, 6.07) is 4.59. The zero-order valence-corrected chi connectivity index (χ0v) is 9.33. The third-order valence-corrected chi connectivity index (χ3v) is 2.68. The minimum atomic E-state index is -0.514. The molecule has 0 bridgehead atoms. The molecule has 0 saturated heterocycles. The Hall–Kier alpha value is -1.16. The number of carbonyl (C=O) groups excluding carboxylic acids is 1. The van der Waals surface area contributed by atoms with Crippen molar-refractivity contribution in [2.24, 2.45) is 0 Å². The molecule has 1 unspecified atom stereocenters. The molecule has 4 heteroatoms. The van der Waals surface area contributed by atoms with E-state index in [1.54, 1.807) is 12.1 Å². The highest BCUT2D eigenvalue weighted by Crippen LogP contribution is 2.29. The largest absolute Gasteiger partial charge is 0.493 e. The van der Waals surface area contributed by atoms with Crippen LogP contribution in [-0.2, 0) is 9.53 Å². The average molecular weight is 271 g/mol. The standard InChI is InChI=1S/C11H8BrFO2/c12-7-1-2-10(13)9(5-7)11-6-8(14)3-4-15-11/h1-5,11H,6H2. The van der Waals surface area contributed by atoms with E-state index in [2.05, 4.69) is 15.9 Å². The van der Waals surface area contributed by atoms with Gasteiger partial charge in [0.05, 0.1) is 12.7 Å². The van der Waals surface area contributed by atoms with E-state index in [4.69, 9.17) is 4.74 Å². The number of hydrogen-bond acceptors (Lipinski definition) is 2. The maximum absolute atomic E-state index is 13.4. The minimum absolute atomic E-state index is 0.0503. The molecule has 0 amide bonds. The highest BCUT2D eigenvalue weighted by atomic mass is 79.9. The fourth-order valence-corrected chi connectivity index (χ4v) is 1.83. The van der Waals surface area contributed by atoms with Gasteiger partial charge in [0.25, 0.3) is 0 Å². The van der Waals surface area contributed by atoms with Crippen LogP contribution in [0.3, 0.4) is 0 Å². The Labute approximate surface area is 94.9 Å². The molecule has 1 aromatic carbocycles. The van der Waals surface area contributed by atoms with Gasteiger partial charge in [0.2, 0.25) is 0 Å². The minimum Gasteiger partial charge on any atom is -0.493 e. The monoisotopic (exact) mass is 270 g/mol. The lowest BCUT2D eigenvalue weighted by atomic mass is 10.0. The lowest BCUT2D eigenvalue weighted by Gasteiger charge is -2.19. The Bertz CT molecular complexity index is 429. The summed E-state index contributed by atoms with van der Waals surface area (Å²) in [7, 11) is 0. The number of hydrogen-bond donors (Lipinski definition) is 0. The Morgan fingerprint density at radius 1 is 1.47 bits per heavy atom. The molecule has 15 heavy (non-hydrogen) atoms. The number of ketones is 1. The molecule has 78 valence electrons. The first-order valence-electron chi connectivity index (χ1n) is 4.46. The summed E-state index contributed by atoms with van der Waals surface area (Å²) in [6.07, 6.45) is 2.34. The summed E-state index contributed by atoms with van der Waals surface area (Å²) in [5, 5.41) is 0. The highest BCUT2D eigenvalue weighted by Gasteiger charge is 2.21. The molecule has 0 N–H and O–H groups in total. The van der Waals surface area contributed by atoms with Crippen molar-refractivity contribution < 1.29 is 13.9 Å². The first-order valence-corrected chi connectivity index (χ1v) is 5.26. The average Bonchev–Trinajstić information content (AvgIpc) is 2.22. The summed E-state index contributed by atoms with van der Waals surface area (Å²) in [6.45, 7) is 0. The molecule has 2 rings (SSSR count). The first kappa shape index (κ1) is 10.4. The molecule has 0 fully saturated rings. The first-order chi connectivity index (χ1) is 7.16. The van der Waals surface area contributed by atoms with Gasteiger partial charge in [0.1, 0.15) is 11.9 Å². The van der Waals surface area contributed by atoms with Crippen LogP contribution in [0.25, 0.3) is 0 Å². The molecule has 1 atom stereocenters. The van der Waals surface area contributed by atoms with Crippen molar-refractivity contribution in [2.45, 2.75) is 12.5 Å². The van der Waals surface area contributed by atoms with Crippen LogP contribution >= 0.6 is 15.9 Å². The van der Waals surface area contributed by atoms with E-state index in [9.17, 15) is 9.18 Å². The van der Waals surface area contributed by atoms with E-state index in [0.717, 1.165) is 4.47 Å². The predicted octanol–water partition coefficient (Wildman–Crippen LogP) is 3.13.